The highest BCUT2D eigenvalue weighted by Crippen LogP contribution is 2.30. The van der Waals surface area contributed by atoms with Crippen molar-refractivity contribution < 1.29 is 27.9 Å². The summed E-state index contributed by atoms with van der Waals surface area (Å²) in [7, 11) is 0. The second-order valence-corrected chi connectivity index (χ2v) is 6.28. The monoisotopic (exact) mass is 382 g/mol. The first kappa shape index (κ1) is 18.7. The van der Waals surface area contributed by atoms with E-state index in [9.17, 15) is 22.8 Å². The third-order valence-corrected chi connectivity index (χ3v) is 4.33. The molecule has 1 aliphatic heterocycles. The maximum Gasteiger partial charge on any atom is 0.416 e. The number of carboxylic acids is 1. The van der Waals surface area contributed by atoms with Gasteiger partial charge < -0.3 is 15.3 Å². The molecule has 1 atom stereocenters. The van der Waals surface area contributed by atoms with Gasteiger partial charge in [-0.05, 0) is 31.0 Å². The zero-order valence-corrected chi connectivity index (χ0v) is 14.1. The minimum Gasteiger partial charge on any atom is -0.481 e. The highest BCUT2D eigenvalue weighted by Gasteiger charge is 2.31. The Morgan fingerprint density at radius 2 is 2.07 bits per heavy atom. The summed E-state index contributed by atoms with van der Waals surface area (Å²) in [5.41, 5.74) is -0.293. The van der Waals surface area contributed by atoms with Gasteiger partial charge >= 0.3 is 18.2 Å². The van der Waals surface area contributed by atoms with Crippen LogP contribution in [0, 0.1) is 5.92 Å². The summed E-state index contributed by atoms with van der Waals surface area (Å²) in [4.78, 5) is 24.8. The molecule has 144 valence electrons. The highest BCUT2D eigenvalue weighted by atomic mass is 19.4. The Balaban J connectivity index is 1.69. The number of likely N-dealkylation sites (tertiary alicyclic amines) is 1. The number of nitrogens with one attached hydrogen (secondary N) is 1. The highest BCUT2D eigenvalue weighted by molar-refractivity contribution is 5.89. The van der Waals surface area contributed by atoms with Gasteiger partial charge in [-0.25, -0.2) is 9.48 Å². The molecule has 2 aromatic rings. The predicted molar refractivity (Wildman–Crippen MR) is 89.5 cm³/mol. The summed E-state index contributed by atoms with van der Waals surface area (Å²) < 4.78 is 39.7. The number of aliphatic carboxylic acids is 1. The van der Waals surface area contributed by atoms with E-state index in [4.69, 9.17) is 5.11 Å². The van der Waals surface area contributed by atoms with E-state index >= 15 is 0 Å². The number of urea groups is 1. The third-order valence-electron chi connectivity index (χ3n) is 4.33. The number of amides is 2. The number of aromatic nitrogens is 2. The summed E-state index contributed by atoms with van der Waals surface area (Å²) in [6.07, 6.45) is -0.640. The summed E-state index contributed by atoms with van der Waals surface area (Å²) >= 11 is 0. The van der Waals surface area contributed by atoms with Gasteiger partial charge in [0.2, 0.25) is 0 Å². The number of hydrogen-bond acceptors (Lipinski definition) is 3. The van der Waals surface area contributed by atoms with Crippen LogP contribution in [0.25, 0.3) is 5.69 Å². The normalized spacial score (nSPS) is 17.6. The molecule has 3 rings (SSSR count). The average Bonchev–Trinajstić information content (AvgIpc) is 3.09. The third kappa shape index (κ3) is 4.39. The van der Waals surface area contributed by atoms with Crippen molar-refractivity contribution in [3.05, 3.63) is 42.2 Å². The second-order valence-electron chi connectivity index (χ2n) is 6.28. The van der Waals surface area contributed by atoms with E-state index in [1.54, 1.807) is 0 Å². The van der Waals surface area contributed by atoms with Crippen molar-refractivity contribution in [3.63, 3.8) is 0 Å². The number of anilines is 1. The molecule has 1 fully saturated rings. The van der Waals surface area contributed by atoms with E-state index in [1.165, 1.54) is 34.1 Å². The first-order chi connectivity index (χ1) is 12.7. The molecule has 0 bridgehead atoms. The Bertz CT molecular complexity index is 850. The molecule has 0 aliphatic carbocycles. The lowest BCUT2D eigenvalue weighted by molar-refractivity contribution is -0.143. The summed E-state index contributed by atoms with van der Waals surface area (Å²) in [6.45, 7) is 0.556. The minimum absolute atomic E-state index is 0.114. The number of halogens is 3. The van der Waals surface area contributed by atoms with Crippen LogP contribution in [0.2, 0.25) is 0 Å². The van der Waals surface area contributed by atoms with Gasteiger partial charge in [-0.2, -0.15) is 18.3 Å². The fraction of sp³-hybridized carbons (Fsp3) is 0.353. The van der Waals surface area contributed by atoms with Gasteiger partial charge in [-0.1, -0.05) is 6.07 Å². The maximum absolute atomic E-state index is 12.8. The van der Waals surface area contributed by atoms with Crippen molar-refractivity contribution in [1.82, 2.24) is 14.7 Å². The zero-order valence-electron chi connectivity index (χ0n) is 14.1. The van der Waals surface area contributed by atoms with E-state index in [0.717, 1.165) is 12.1 Å². The Kier molecular flexibility index (Phi) is 5.06. The Hall–Kier alpha value is -3.04. The van der Waals surface area contributed by atoms with Gasteiger partial charge in [0.25, 0.3) is 0 Å². The molecule has 1 saturated heterocycles. The van der Waals surface area contributed by atoms with E-state index in [0.29, 0.717) is 25.1 Å². The van der Waals surface area contributed by atoms with Crippen LogP contribution in [0.3, 0.4) is 0 Å². The van der Waals surface area contributed by atoms with Crippen LogP contribution in [0.5, 0.6) is 0 Å². The van der Waals surface area contributed by atoms with E-state index in [1.807, 2.05) is 0 Å². The lowest BCUT2D eigenvalue weighted by Crippen LogP contribution is -2.44. The molecule has 2 amide bonds. The molecule has 0 spiro atoms. The molecular formula is C17H17F3N4O3. The first-order valence-corrected chi connectivity index (χ1v) is 8.25. The molecule has 7 nitrogen and oxygen atoms in total. The molecule has 2 N–H and O–H groups in total. The molecule has 1 unspecified atom stereocenters. The van der Waals surface area contributed by atoms with Gasteiger partial charge in [0.05, 0.1) is 35.2 Å². The standard InChI is InChI=1S/C17H17F3N4O3/c18-17(19,20)12-4-1-5-14(7-12)24-10-13(8-21-24)22-16(27)23-6-2-3-11(9-23)15(25)26/h1,4-5,7-8,10-11H,2-3,6,9H2,(H,22,27)(H,25,26). The Labute approximate surface area is 152 Å². The number of hydrogen-bond donors (Lipinski definition) is 2. The number of carbonyl (C=O) groups is 2. The maximum atomic E-state index is 12.8. The molecule has 1 aromatic carbocycles. The van der Waals surface area contributed by atoms with Crippen molar-refractivity contribution in [1.29, 1.82) is 0 Å². The van der Waals surface area contributed by atoms with Crippen LogP contribution >= 0.6 is 0 Å². The Morgan fingerprint density at radius 1 is 1.30 bits per heavy atom. The van der Waals surface area contributed by atoms with Gasteiger partial charge in [0.1, 0.15) is 0 Å². The molecule has 0 saturated carbocycles. The van der Waals surface area contributed by atoms with Crippen LogP contribution in [0.1, 0.15) is 18.4 Å². The lowest BCUT2D eigenvalue weighted by Gasteiger charge is -2.30. The first-order valence-electron chi connectivity index (χ1n) is 8.25. The topological polar surface area (TPSA) is 87.5 Å². The predicted octanol–water partition coefficient (Wildman–Crippen LogP) is 3.22. The van der Waals surface area contributed by atoms with Gasteiger partial charge in [0, 0.05) is 13.1 Å². The number of piperidine rings is 1. The smallest absolute Gasteiger partial charge is 0.416 e. The van der Waals surface area contributed by atoms with Crippen molar-refractivity contribution in [3.8, 4) is 5.69 Å². The number of rotatable bonds is 3. The van der Waals surface area contributed by atoms with Crippen molar-refractivity contribution in [2.75, 3.05) is 18.4 Å². The number of alkyl halides is 3. The fourth-order valence-electron chi connectivity index (χ4n) is 2.92. The van der Waals surface area contributed by atoms with Crippen LogP contribution in [-0.4, -0.2) is 44.9 Å². The fourth-order valence-corrected chi connectivity index (χ4v) is 2.92. The van der Waals surface area contributed by atoms with Gasteiger partial charge in [-0.15, -0.1) is 0 Å². The minimum atomic E-state index is -4.46. The number of nitrogens with zero attached hydrogens (tertiary/aromatic N) is 3. The molecule has 1 aromatic heterocycles. The molecule has 2 heterocycles. The van der Waals surface area contributed by atoms with Gasteiger partial charge in [0.15, 0.2) is 0 Å². The average molecular weight is 382 g/mol. The molecule has 1 aliphatic rings. The van der Waals surface area contributed by atoms with E-state index in [2.05, 4.69) is 10.4 Å². The molecule has 10 heteroatoms. The van der Waals surface area contributed by atoms with E-state index in [-0.39, 0.29) is 12.2 Å². The number of benzene rings is 1. The van der Waals surface area contributed by atoms with Crippen molar-refractivity contribution in [2.45, 2.75) is 19.0 Å². The summed E-state index contributed by atoms with van der Waals surface area (Å²) in [5, 5.41) is 15.7. The summed E-state index contributed by atoms with van der Waals surface area (Å²) in [5.74, 6) is -1.54. The van der Waals surface area contributed by atoms with Crippen LogP contribution in [0.4, 0.5) is 23.7 Å². The Morgan fingerprint density at radius 3 is 2.78 bits per heavy atom. The molecular weight excluding hydrogens is 365 g/mol. The quantitative estimate of drug-likeness (QED) is 0.853. The largest absolute Gasteiger partial charge is 0.481 e. The molecule has 27 heavy (non-hydrogen) atoms. The lowest BCUT2D eigenvalue weighted by atomic mass is 9.99. The SMILES string of the molecule is O=C(O)C1CCCN(C(=O)Nc2cnn(-c3cccc(C(F)(F)F)c3)c2)C1. The van der Waals surface area contributed by atoms with Crippen molar-refractivity contribution >= 4 is 17.7 Å². The summed E-state index contributed by atoms with van der Waals surface area (Å²) in [6, 6.07) is 4.20. The van der Waals surface area contributed by atoms with E-state index < -0.39 is 29.7 Å². The zero-order chi connectivity index (χ0) is 19.6. The molecule has 0 radical (unpaired) electrons. The number of carbonyl (C=O) groups excluding carboxylic acids is 1. The second kappa shape index (κ2) is 7.29. The van der Waals surface area contributed by atoms with Gasteiger partial charge in [-0.3, -0.25) is 4.79 Å². The number of carboxylic acid groups (broad SMARTS) is 1. The van der Waals surface area contributed by atoms with Crippen LogP contribution < -0.4 is 5.32 Å². The van der Waals surface area contributed by atoms with Crippen molar-refractivity contribution in [2.24, 2.45) is 5.92 Å². The van der Waals surface area contributed by atoms with Crippen LogP contribution in [0.15, 0.2) is 36.7 Å². The van der Waals surface area contributed by atoms with Crippen LogP contribution in [-0.2, 0) is 11.0 Å².